The fourth-order valence-electron chi connectivity index (χ4n) is 2.00. The smallest absolute Gasteiger partial charge is 0.307 e. The van der Waals surface area contributed by atoms with Gasteiger partial charge < -0.3 is 10.1 Å². The van der Waals surface area contributed by atoms with Gasteiger partial charge in [-0.15, -0.1) is 0 Å². The number of benzene rings is 1. The van der Waals surface area contributed by atoms with Crippen LogP contribution in [0.4, 0.5) is 8.78 Å². The summed E-state index contributed by atoms with van der Waals surface area (Å²) in [7, 11) is 0. The Hall–Kier alpha value is -1.49. The largest absolute Gasteiger partial charge is 0.466 e. The molecule has 0 aromatic heterocycles. The van der Waals surface area contributed by atoms with Gasteiger partial charge in [0.05, 0.1) is 18.6 Å². The number of carbonyl (C=O) groups is 1. The monoisotopic (exact) mass is 271 g/mol. The summed E-state index contributed by atoms with van der Waals surface area (Å²) in [5.41, 5.74) is -0.267. The van der Waals surface area contributed by atoms with E-state index in [0.29, 0.717) is 18.7 Å². The first-order chi connectivity index (χ1) is 8.92. The minimum absolute atomic E-state index is 0.0553. The van der Waals surface area contributed by atoms with E-state index in [9.17, 15) is 13.6 Å². The third-order valence-electron chi connectivity index (χ3n) is 2.93. The molecule has 1 N–H and O–H groups in total. The van der Waals surface area contributed by atoms with Crippen molar-refractivity contribution in [1.82, 2.24) is 5.32 Å². The Bertz CT molecular complexity index is 451. The third-order valence-corrected chi connectivity index (χ3v) is 2.93. The summed E-state index contributed by atoms with van der Waals surface area (Å²) in [6, 6.07) is 3.64. The molecular formula is C14H19F2NO2. The van der Waals surface area contributed by atoms with Gasteiger partial charge in [0.15, 0.2) is 11.6 Å². The molecule has 0 saturated heterocycles. The lowest BCUT2D eigenvalue weighted by atomic mass is 9.88. The molecule has 0 amide bonds. The first-order valence-corrected chi connectivity index (χ1v) is 6.29. The minimum Gasteiger partial charge on any atom is -0.466 e. The van der Waals surface area contributed by atoms with Crippen LogP contribution in [0.15, 0.2) is 18.2 Å². The Morgan fingerprint density at radius 3 is 2.53 bits per heavy atom. The second kappa shape index (κ2) is 6.61. The maximum absolute atomic E-state index is 13.3. The minimum atomic E-state index is -0.925. The number of rotatable bonds is 6. The second-order valence-corrected chi connectivity index (χ2v) is 4.47. The number of ether oxygens (including phenoxy) is 1. The van der Waals surface area contributed by atoms with E-state index in [2.05, 4.69) is 5.32 Å². The van der Waals surface area contributed by atoms with Crippen molar-refractivity contribution in [1.29, 1.82) is 0 Å². The number of carbonyl (C=O) groups excluding carboxylic acids is 1. The van der Waals surface area contributed by atoms with E-state index in [0.717, 1.165) is 12.1 Å². The first kappa shape index (κ1) is 15.6. The third kappa shape index (κ3) is 3.99. The molecule has 0 spiro atoms. The normalized spacial score (nSPS) is 13.9. The Balaban J connectivity index is 3.02. The van der Waals surface area contributed by atoms with Crippen LogP contribution in [0.2, 0.25) is 0 Å². The molecule has 0 saturated carbocycles. The predicted octanol–water partition coefficient (Wildman–Crippen LogP) is 2.74. The topological polar surface area (TPSA) is 38.3 Å². The van der Waals surface area contributed by atoms with Crippen molar-refractivity contribution in [2.45, 2.75) is 32.7 Å². The standard InChI is InChI=1S/C14H19F2NO2/c1-4-17-14(3,9-13(18)19-5-2)10-6-7-11(15)12(16)8-10/h6-8,17H,4-5,9H2,1-3H3. The van der Waals surface area contributed by atoms with Gasteiger partial charge in [0.2, 0.25) is 0 Å². The van der Waals surface area contributed by atoms with E-state index in [4.69, 9.17) is 4.74 Å². The van der Waals surface area contributed by atoms with E-state index in [-0.39, 0.29) is 12.4 Å². The predicted molar refractivity (Wildman–Crippen MR) is 68.6 cm³/mol. The van der Waals surface area contributed by atoms with Gasteiger partial charge in [0.25, 0.3) is 0 Å². The lowest BCUT2D eigenvalue weighted by molar-refractivity contribution is -0.144. The molecule has 1 unspecified atom stereocenters. The molecule has 1 atom stereocenters. The number of hydrogen-bond donors (Lipinski definition) is 1. The van der Waals surface area contributed by atoms with Gasteiger partial charge in [-0.05, 0) is 38.1 Å². The van der Waals surface area contributed by atoms with Gasteiger partial charge in [-0.2, -0.15) is 0 Å². The molecule has 1 aromatic carbocycles. The fourth-order valence-corrected chi connectivity index (χ4v) is 2.00. The number of esters is 1. The highest BCUT2D eigenvalue weighted by Crippen LogP contribution is 2.26. The van der Waals surface area contributed by atoms with Crippen LogP contribution in [-0.2, 0) is 15.1 Å². The molecule has 1 aromatic rings. The fraction of sp³-hybridized carbons (Fsp3) is 0.500. The molecule has 0 aliphatic carbocycles. The van der Waals surface area contributed by atoms with Gasteiger partial charge in [0.1, 0.15) is 0 Å². The van der Waals surface area contributed by atoms with E-state index in [1.54, 1.807) is 13.8 Å². The summed E-state index contributed by atoms with van der Waals surface area (Å²) in [5.74, 6) is -2.21. The summed E-state index contributed by atoms with van der Waals surface area (Å²) < 4.78 is 31.2. The molecule has 1 rings (SSSR count). The summed E-state index contributed by atoms with van der Waals surface area (Å²) in [6.45, 7) is 6.25. The SMILES string of the molecule is CCNC(C)(CC(=O)OCC)c1ccc(F)c(F)c1. The van der Waals surface area contributed by atoms with Gasteiger partial charge in [-0.3, -0.25) is 4.79 Å². The van der Waals surface area contributed by atoms with Crippen molar-refractivity contribution in [3.63, 3.8) is 0 Å². The van der Waals surface area contributed by atoms with Crippen LogP contribution in [0.5, 0.6) is 0 Å². The van der Waals surface area contributed by atoms with Crippen LogP contribution in [0, 0.1) is 11.6 Å². The highest BCUT2D eigenvalue weighted by atomic mass is 19.2. The zero-order valence-corrected chi connectivity index (χ0v) is 11.4. The summed E-state index contributed by atoms with van der Waals surface area (Å²) in [5, 5.41) is 3.12. The van der Waals surface area contributed by atoms with Crippen LogP contribution < -0.4 is 5.32 Å². The number of nitrogens with one attached hydrogen (secondary N) is 1. The molecular weight excluding hydrogens is 252 g/mol. The summed E-state index contributed by atoms with van der Waals surface area (Å²) in [4.78, 5) is 11.6. The lowest BCUT2D eigenvalue weighted by Gasteiger charge is -2.30. The first-order valence-electron chi connectivity index (χ1n) is 6.29. The van der Waals surface area contributed by atoms with Gasteiger partial charge in [0, 0.05) is 0 Å². The van der Waals surface area contributed by atoms with E-state index >= 15 is 0 Å². The highest BCUT2D eigenvalue weighted by Gasteiger charge is 2.30. The van der Waals surface area contributed by atoms with Crippen LogP contribution in [0.3, 0.4) is 0 Å². The average molecular weight is 271 g/mol. The molecule has 0 aliphatic rings. The second-order valence-electron chi connectivity index (χ2n) is 4.47. The van der Waals surface area contributed by atoms with Gasteiger partial charge in [-0.25, -0.2) is 8.78 Å². The number of hydrogen-bond acceptors (Lipinski definition) is 3. The maximum atomic E-state index is 13.3. The van der Waals surface area contributed by atoms with E-state index in [1.165, 1.54) is 6.07 Å². The molecule has 0 heterocycles. The average Bonchev–Trinajstić information content (AvgIpc) is 2.33. The van der Waals surface area contributed by atoms with Gasteiger partial charge in [-0.1, -0.05) is 13.0 Å². The summed E-state index contributed by atoms with van der Waals surface area (Å²) in [6.07, 6.45) is 0.0553. The molecule has 19 heavy (non-hydrogen) atoms. The van der Waals surface area contributed by atoms with Crippen molar-refractivity contribution >= 4 is 5.97 Å². The lowest BCUT2D eigenvalue weighted by Crippen LogP contribution is -2.41. The van der Waals surface area contributed by atoms with Crippen molar-refractivity contribution in [3.8, 4) is 0 Å². The van der Waals surface area contributed by atoms with Crippen molar-refractivity contribution in [2.75, 3.05) is 13.2 Å². The molecule has 0 radical (unpaired) electrons. The van der Waals surface area contributed by atoms with Crippen LogP contribution in [0.1, 0.15) is 32.8 Å². The Labute approximate surface area is 112 Å². The van der Waals surface area contributed by atoms with Crippen LogP contribution in [0.25, 0.3) is 0 Å². The molecule has 5 heteroatoms. The zero-order chi connectivity index (χ0) is 14.5. The van der Waals surface area contributed by atoms with E-state index < -0.39 is 17.2 Å². The van der Waals surface area contributed by atoms with Crippen molar-refractivity contribution in [2.24, 2.45) is 0 Å². The summed E-state index contributed by atoms with van der Waals surface area (Å²) >= 11 is 0. The van der Waals surface area contributed by atoms with Crippen molar-refractivity contribution in [3.05, 3.63) is 35.4 Å². The molecule has 0 bridgehead atoms. The van der Waals surface area contributed by atoms with Gasteiger partial charge >= 0.3 is 5.97 Å². The molecule has 0 aliphatic heterocycles. The zero-order valence-electron chi connectivity index (χ0n) is 11.4. The Morgan fingerprint density at radius 2 is 2.00 bits per heavy atom. The van der Waals surface area contributed by atoms with Crippen LogP contribution in [-0.4, -0.2) is 19.1 Å². The Kier molecular flexibility index (Phi) is 5.42. The Morgan fingerprint density at radius 1 is 1.32 bits per heavy atom. The molecule has 3 nitrogen and oxygen atoms in total. The highest BCUT2D eigenvalue weighted by molar-refractivity contribution is 5.71. The van der Waals surface area contributed by atoms with Crippen LogP contribution >= 0.6 is 0 Å². The quantitative estimate of drug-likeness (QED) is 0.808. The number of halogens is 2. The van der Waals surface area contributed by atoms with Crippen molar-refractivity contribution < 1.29 is 18.3 Å². The van der Waals surface area contributed by atoms with E-state index in [1.807, 2.05) is 6.92 Å². The maximum Gasteiger partial charge on any atom is 0.307 e. The molecule has 106 valence electrons. The molecule has 0 fully saturated rings.